The van der Waals surface area contributed by atoms with E-state index in [1.54, 1.807) is 0 Å². The maximum atomic E-state index is 3.60. The molecule has 3 rings (SSSR count). The van der Waals surface area contributed by atoms with Crippen LogP contribution in [0.4, 0.5) is 0 Å². The summed E-state index contributed by atoms with van der Waals surface area (Å²) in [4.78, 5) is 0. The summed E-state index contributed by atoms with van der Waals surface area (Å²) in [7, 11) is 0. The van der Waals surface area contributed by atoms with Crippen LogP contribution in [0.15, 0.2) is 54.6 Å². The van der Waals surface area contributed by atoms with E-state index in [0.29, 0.717) is 5.92 Å². The summed E-state index contributed by atoms with van der Waals surface area (Å²) in [6, 6.07) is 20.4. The average molecular weight is 251 g/mol. The summed E-state index contributed by atoms with van der Waals surface area (Å²) >= 11 is 0. The van der Waals surface area contributed by atoms with E-state index in [9.17, 15) is 0 Å². The summed E-state index contributed by atoms with van der Waals surface area (Å²) < 4.78 is 0. The molecule has 1 heteroatoms. The van der Waals surface area contributed by atoms with Crippen molar-refractivity contribution in [1.29, 1.82) is 0 Å². The zero-order chi connectivity index (χ0) is 13.1. The van der Waals surface area contributed by atoms with Gasteiger partial charge in [0, 0.05) is 12.6 Å². The van der Waals surface area contributed by atoms with Crippen molar-refractivity contribution >= 4 is 0 Å². The van der Waals surface area contributed by atoms with Crippen LogP contribution in [0.1, 0.15) is 31.2 Å². The third-order valence-corrected chi connectivity index (χ3v) is 3.88. The summed E-state index contributed by atoms with van der Waals surface area (Å²) in [6.45, 7) is 3.39. The highest BCUT2D eigenvalue weighted by Crippen LogP contribution is 2.24. The fraction of sp³-hybridized carbons (Fsp3) is 0.333. The maximum Gasteiger partial charge on any atom is 0.00684 e. The van der Waals surface area contributed by atoms with Crippen molar-refractivity contribution < 1.29 is 0 Å². The molecular weight excluding hydrogens is 230 g/mol. The van der Waals surface area contributed by atoms with E-state index >= 15 is 0 Å². The minimum atomic E-state index is 0.588. The van der Waals surface area contributed by atoms with E-state index in [2.05, 4.69) is 66.8 Å². The number of nitrogens with one attached hydrogen (secondary N) is 1. The van der Waals surface area contributed by atoms with Crippen LogP contribution in [0, 0.1) is 0 Å². The summed E-state index contributed by atoms with van der Waals surface area (Å²) in [5.74, 6) is 0.588. The monoisotopic (exact) mass is 251 g/mol. The average Bonchev–Trinajstić information content (AvgIpc) is 3.30. The lowest BCUT2D eigenvalue weighted by molar-refractivity contribution is 0.612. The lowest BCUT2D eigenvalue weighted by atomic mass is 9.97. The zero-order valence-electron chi connectivity index (χ0n) is 11.5. The van der Waals surface area contributed by atoms with E-state index in [-0.39, 0.29) is 0 Å². The van der Waals surface area contributed by atoms with Crippen molar-refractivity contribution in [3.8, 4) is 11.1 Å². The van der Waals surface area contributed by atoms with Crippen molar-refractivity contribution in [3.05, 3.63) is 60.2 Å². The number of hydrogen-bond donors (Lipinski definition) is 1. The largest absolute Gasteiger partial charge is 0.313 e. The molecule has 0 aromatic heterocycles. The zero-order valence-corrected chi connectivity index (χ0v) is 11.5. The van der Waals surface area contributed by atoms with E-state index in [1.807, 2.05) is 0 Å². The molecule has 1 nitrogen and oxygen atoms in total. The van der Waals surface area contributed by atoms with Crippen molar-refractivity contribution in [2.24, 2.45) is 0 Å². The van der Waals surface area contributed by atoms with Crippen molar-refractivity contribution in [1.82, 2.24) is 5.32 Å². The van der Waals surface area contributed by atoms with Crippen molar-refractivity contribution in [2.75, 3.05) is 6.54 Å². The van der Waals surface area contributed by atoms with Gasteiger partial charge in [0.1, 0.15) is 0 Å². The maximum absolute atomic E-state index is 3.60. The summed E-state index contributed by atoms with van der Waals surface area (Å²) in [6.07, 6.45) is 2.72. The van der Waals surface area contributed by atoms with E-state index in [0.717, 1.165) is 12.6 Å². The van der Waals surface area contributed by atoms with Gasteiger partial charge in [0.25, 0.3) is 0 Å². The lowest BCUT2D eigenvalue weighted by Crippen LogP contribution is -2.21. The molecule has 0 saturated heterocycles. The van der Waals surface area contributed by atoms with Crippen LogP contribution in [0.2, 0.25) is 0 Å². The van der Waals surface area contributed by atoms with E-state index < -0.39 is 0 Å². The molecule has 1 saturated carbocycles. The Morgan fingerprint density at radius 3 is 2.21 bits per heavy atom. The van der Waals surface area contributed by atoms with Crippen LogP contribution in [0.25, 0.3) is 11.1 Å². The Morgan fingerprint density at radius 1 is 0.947 bits per heavy atom. The molecule has 0 spiro atoms. The number of hydrogen-bond acceptors (Lipinski definition) is 1. The molecular formula is C18H21N. The summed E-state index contributed by atoms with van der Waals surface area (Å²) in [5.41, 5.74) is 4.01. The lowest BCUT2D eigenvalue weighted by Gasteiger charge is -2.13. The molecule has 0 amide bonds. The Bertz CT molecular complexity index is 511. The quantitative estimate of drug-likeness (QED) is 0.839. The predicted molar refractivity (Wildman–Crippen MR) is 81.3 cm³/mol. The normalized spacial score (nSPS) is 16.3. The second kappa shape index (κ2) is 5.58. The highest BCUT2D eigenvalue weighted by molar-refractivity contribution is 5.63. The third kappa shape index (κ3) is 3.24. The van der Waals surface area contributed by atoms with Crippen LogP contribution in [-0.2, 0) is 0 Å². The van der Waals surface area contributed by atoms with Crippen molar-refractivity contribution in [3.63, 3.8) is 0 Å². The molecule has 1 atom stereocenters. The van der Waals surface area contributed by atoms with Gasteiger partial charge < -0.3 is 5.32 Å². The second-order valence-corrected chi connectivity index (χ2v) is 5.57. The molecule has 0 bridgehead atoms. The van der Waals surface area contributed by atoms with Gasteiger partial charge in [-0.3, -0.25) is 0 Å². The SMILES string of the molecule is CC(CNC1CC1)c1ccc(-c2ccccc2)cc1. The van der Waals surface area contributed by atoms with Gasteiger partial charge in [-0.05, 0) is 35.4 Å². The first kappa shape index (κ1) is 12.4. The summed E-state index contributed by atoms with van der Waals surface area (Å²) in [5, 5.41) is 3.60. The fourth-order valence-corrected chi connectivity index (χ4v) is 2.38. The fourth-order valence-electron chi connectivity index (χ4n) is 2.38. The first-order valence-corrected chi connectivity index (χ1v) is 7.22. The first-order chi connectivity index (χ1) is 9.33. The van der Waals surface area contributed by atoms with Crippen LogP contribution in [0.5, 0.6) is 0 Å². The highest BCUT2D eigenvalue weighted by atomic mass is 14.9. The Labute approximate surface area is 115 Å². The van der Waals surface area contributed by atoms with Crippen LogP contribution in [-0.4, -0.2) is 12.6 Å². The Morgan fingerprint density at radius 2 is 1.58 bits per heavy atom. The van der Waals surface area contributed by atoms with Gasteiger partial charge in [-0.15, -0.1) is 0 Å². The molecule has 0 aliphatic heterocycles. The Kier molecular flexibility index (Phi) is 3.65. The van der Waals surface area contributed by atoms with Crippen LogP contribution < -0.4 is 5.32 Å². The van der Waals surface area contributed by atoms with E-state index in [4.69, 9.17) is 0 Å². The number of rotatable bonds is 5. The molecule has 1 N–H and O–H groups in total. The standard InChI is InChI=1S/C18H21N/c1-14(13-19-18-11-12-18)15-7-9-17(10-8-15)16-5-3-2-4-6-16/h2-10,14,18-19H,11-13H2,1H3. The molecule has 1 aliphatic rings. The molecule has 98 valence electrons. The third-order valence-electron chi connectivity index (χ3n) is 3.88. The van der Waals surface area contributed by atoms with Gasteiger partial charge in [0.15, 0.2) is 0 Å². The van der Waals surface area contributed by atoms with Gasteiger partial charge in [-0.2, -0.15) is 0 Å². The van der Waals surface area contributed by atoms with Gasteiger partial charge in [-0.1, -0.05) is 61.5 Å². The second-order valence-electron chi connectivity index (χ2n) is 5.57. The minimum Gasteiger partial charge on any atom is -0.313 e. The van der Waals surface area contributed by atoms with Gasteiger partial charge in [0.05, 0.1) is 0 Å². The van der Waals surface area contributed by atoms with Gasteiger partial charge in [0.2, 0.25) is 0 Å². The Balaban J connectivity index is 1.67. The van der Waals surface area contributed by atoms with Gasteiger partial charge >= 0.3 is 0 Å². The Hall–Kier alpha value is -1.60. The molecule has 0 radical (unpaired) electrons. The number of benzene rings is 2. The van der Waals surface area contributed by atoms with Crippen LogP contribution >= 0.6 is 0 Å². The van der Waals surface area contributed by atoms with Crippen LogP contribution in [0.3, 0.4) is 0 Å². The molecule has 1 fully saturated rings. The topological polar surface area (TPSA) is 12.0 Å². The predicted octanol–water partition coefficient (Wildman–Crippen LogP) is 4.21. The van der Waals surface area contributed by atoms with E-state index in [1.165, 1.54) is 29.5 Å². The molecule has 0 heterocycles. The smallest absolute Gasteiger partial charge is 0.00684 e. The molecule has 2 aromatic carbocycles. The molecule has 1 aliphatic carbocycles. The molecule has 2 aromatic rings. The first-order valence-electron chi connectivity index (χ1n) is 7.22. The van der Waals surface area contributed by atoms with Crippen molar-refractivity contribution in [2.45, 2.75) is 31.7 Å². The van der Waals surface area contributed by atoms with Gasteiger partial charge in [-0.25, -0.2) is 0 Å². The highest BCUT2D eigenvalue weighted by Gasteiger charge is 2.21. The molecule has 1 unspecified atom stereocenters. The molecule has 19 heavy (non-hydrogen) atoms. The minimum absolute atomic E-state index is 0.588.